The highest BCUT2D eigenvalue weighted by Crippen LogP contribution is 2.32. The van der Waals surface area contributed by atoms with E-state index < -0.39 is 0 Å². The SMILES string of the molecule is Cc1ccc(CCC2NCCC3=C2CCCC3)cc1. The summed E-state index contributed by atoms with van der Waals surface area (Å²) >= 11 is 0. The maximum atomic E-state index is 3.74. The Morgan fingerprint density at radius 1 is 1.05 bits per heavy atom. The van der Waals surface area contributed by atoms with Crippen LogP contribution in [-0.4, -0.2) is 12.6 Å². The minimum atomic E-state index is 0.658. The van der Waals surface area contributed by atoms with Gasteiger partial charge in [-0.3, -0.25) is 0 Å². The molecule has 1 unspecified atom stereocenters. The predicted octanol–water partition coefficient (Wildman–Crippen LogP) is 4.16. The third-order valence-corrected chi connectivity index (χ3v) is 4.71. The zero-order chi connectivity index (χ0) is 13.1. The minimum absolute atomic E-state index is 0.658. The average Bonchev–Trinajstić information content (AvgIpc) is 2.47. The van der Waals surface area contributed by atoms with E-state index >= 15 is 0 Å². The third kappa shape index (κ3) is 3.09. The molecule has 1 heterocycles. The zero-order valence-electron chi connectivity index (χ0n) is 12.0. The van der Waals surface area contributed by atoms with E-state index in [0.29, 0.717) is 6.04 Å². The summed E-state index contributed by atoms with van der Waals surface area (Å²) in [5, 5.41) is 3.74. The van der Waals surface area contributed by atoms with Crippen LogP contribution >= 0.6 is 0 Å². The lowest BCUT2D eigenvalue weighted by Crippen LogP contribution is -2.37. The first-order valence-corrected chi connectivity index (χ1v) is 7.82. The van der Waals surface area contributed by atoms with Crippen molar-refractivity contribution in [3.63, 3.8) is 0 Å². The Hall–Kier alpha value is -1.08. The summed E-state index contributed by atoms with van der Waals surface area (Å²) in [6, 6.07) is 9.69. The molecule has 1 aliphatic carbocycles. The smallest absolute Gasteiger partial charge is 0.0285 e. The molecule has 0 radical (unpaired) electrons. The summed E-state index contributed by atoms with van der Waals surface area (Å²) in [4.78, 5) is 0. The first kappa shape index (κ1) is 12.9. The molecule has 0 saturated heterocycles. The van der Waals surface area contributed by atoms with E-state index in [4.69, 9.17) is 0 Å². The van der Waals surface area contributed by atoms with Gasteiger partial charge in [0.25, 0.3) is 0 Å². The van der Waals surface area contributed by atoms with Crippen LogP contribution in [0.3, 0.4) is 0 Å². The predicted molar refractivity (Wildman–Crippen MR) is 81.4 cm³/mol. The highest BCUT2D eigenvalue weighted by atomic mass is 14.9. The lowest BCUT2D eigenvalue weighted by molar-refractivity contribution is 0.457. The molecule has 2 aliphatic rings. The zero-order valence-corrected chi connectivity index (χ0v) is 12.0. The molecule has 1 aromatic rings. The van der Waals surface area contributed by atoms with E-state index in [1.807, 2.05) is 0 Å². The molecular formula is C18H25N. The van der Waals surface area contributed by atoms with Crippen LogP contribution in [0.1, 0.15) is 49.7 Å². The van der Waals surface area contributed by atoms with Crippen molar-refractivity contribution in [2.45, 2.75) is 57.9 Å². The summed E-state index contributed by atoms with van der Waals surface area (Å²) in [5.41, 5.74) is 6.40. The molecule has 0 spiro atoms. The van der Waals surface area contributed by atoms with Crippen molar-refractivity contribution in [3.8, 4) is 0 Å². The lowest BCUT2D eigenvalue weighted by atomic mass is 9.82. The molecule has 0 amide bonds. The Morgan fingerprint density at radius 2 is 1.84 bits per heavy atom. The van der Waals surface area contributed by atoms with Crippen LogP contribution in [0.2, 0.25) is 0 Å². The van der Waals surface area contributed by atoms with E-state index in [2.05, 4.69) is 36.5 Å². The molecule has 0 saturated carbocycles. The van der Waals surface area contributed by atoms with Gasteiger partial charge in [-0.15, -0.1) is 0 Å². The molecular weight excluding hydrogens is 230 g/mol. The second-order valence-electron chi connectivity index (χ2n) is 6.12. The van der Waals surface area contributed by atoms with Crippen molar-refractivity contribution in [2.24, 2.45) is 0 Å². The van der Waals surface area contributed by atoms with Gasteiger partial charge in [0.1, 0.15) is 0 Å². The standard InChI is InChI=1S/C18H25N/c1-14-6-8-15(9-7-14)10-11-18-17-5-3-2-4-16(17)12-13-19-18/h6-9,18-19H,2-5,10-13H2,1H3. The normalized spacial score (nSPS) is 23.3. The second kappa shape index (κ2) is 5.92. The molecule has 1 heteroatoms. The van der Waals surface area contributed by atoms with Gasteiger partial charge in [0.15, 0.2) is 0 Å². The van der Waals surface area contributed by atoms with Crippen LogP contribution in [-0.2, 0) is 6.42 Å². The van der Waals surface area contributed by atoms with E-state index in [-0.39, 0.29) is 0 Å². The Balaban J connectivity index is 1.64. The number of aryl methyl sites for hydroxylation is 2. The molecule has 1 nitrogen and oxygen atoms in total. The molecule has 0 bridgehead atoms. The van der Waals surface area contributed by atoms with Gasteiger partial charge in [0.05, 0.1) is 0 Å². The average molecular weight is 255 g/mol. The van der Waals surface area contributed by atoms with Crippen molar-refractivity contribution < 1.29 is 0 Å². The quantitative estimate of drug-likeness (QED) is 0.800. The van der Waals surface area contributed by atoms with Crippen molar-refractivity contribution in [1.29, 1.82) is 0 Å². The number of nitrogens with one attached hydrogen (secondary N) is 1. The monoisotopic (exact) mass is 255 g/mol. The Morgan fingerprint density at radius 3 is 2.68 bits per heavy atom. The Kier molecular flexibility index (Phi) is 4.03. The summed E-state index contributed by atoms with van der Waals surface area (Å²) < 4.78 is 0. The number of benzene rings is 1. The van der Waals surface area contributed by atoms with Crippen LogP contribution in [0.4, 0.5) is 0 Å². The summed E-state index contributed by atoms with van der Waals surface area (Å²) in [6.07, 6.45) is 9.32. The van der Waals surface area contributed by atoms with E-state index in [0.717, 1.165) is 0 Å². The van der Waals surface area contributed by atoms with Crippen LogP contribution in [0.25, 0.3) is 0 Å². The topological polar surface area (TPSA) is 12.0 Å². The fourth-order valence-electron chi connectivity index (χ4n) is 3.56. The lowest BCUT2D eigenvalue weighted by Gasteiger charge is -2.33. The first-order chi connectivity index (χ1) is 9.33. The fraction of sp³-hybridized carbons (Fsp3) is 0.556. The van der Waals surface area contributed by atoms with E-state index in [1.165, 1.54) is 62.6 Å². The van der Waals surface area contributed by atoms with Gasteiger partial charge in [-0.1, -0.05) is 41.0 Å². The van der Waals surface area contributed by atoms with Crippen molar-refractivity contribution >= 4 is 0 Å². The molecule has 1 aliphatic heterocycles. The molecule has 3 rings (SSSR count). The Labute approximate surface area is 117 Å². The molecule has 0 fully saturated rings. The first-order valence-electron chi connectivity index (χ1n) is 7.82. The molecule has 19 heavy (non-hydrogen) atoms. The largest absolute Gasteiger partial charge is 0.310 e. The number of hydrogen-bond acceptors (Lipinski definition) is 1. The highest BCUT2D eigenvalue weighted by Gasteiger charge is 2.23. The van der Waals surface area contributed by atoms with Gasteiger partial charge in [-0.05, 0) is 64.0 Å². The molecule has 102 valence electrons. The van der Waals surface area contributed by atoms with Crippen molar-refractivity contribution in [3.05, 3.63) is 46.5 Å². The fourth-order valence-corrected chi connectivity index (χ4v) is 3.56. The number of rotatable bonds is 3. The summed E-state index contributed by atoms with van der Waals surface area (Å²) in [5.74, 6) is 0. The van der Waals surface area contributed by atoms with Gasteiger partial charge < -0.3 is 5.32 Å². The highest BCUT2D eigenvalue weighted by molar-refractivity contribution is 5.27. The second-order valence-corrected chi connectivity index (χ2v) is 6.12. The van der Waals surface area contributed by atoms with Gasteiger partial charge in [-0.25, -0.2) is 0 Å². The summed E-state index contributed by atoms with van der Waals surface area (Å²) in [7, 11) is 0. The van der Waals surface area contributed by atoms with Crippen LogP contribution in [0.5, 0.6) is 0 Å². The van der Waals surface area contributed by atoms with Gasteiger partial charge >= 0.3 is 0 Å². The summed E-state index contributed by atoms with van der Waals surface area (Å²) in [6.45, 7) is 3.35. The van der Waals surface area contributed by atoms with Crippen LogP contribution in [0, 0.1) is 6.92 Å². The third-order valence-electron chi connectivity index (χ3n) is 4.71. The maximum absolute atomic E-state index is 3.74. The van der Waals surface area contributed by atoms with Crippen molar-refractivity contribution in [1.82, 2.24) is 5.32 Å². The van der Waals surface area contributed by atoms with Gasteiger partial charge in [0, 0.05) is 6.04 Å². The van der Waals surface area contributed by atoms with Crippen LogP contribution < -0.4 is 5.32 Å². The molecule has 1 atom stereocenters. The maximum Gasteiger partial charge on any atom is 0.0285 e. The minimum Gasteiger partial charge on any atom is -0.310 e. The molecule has 1 aromatic carbocycles. The Bertz CT molecular complexity index is 451. The van der Waals surface area contributed by atoms with Gasteiger partial charge in [0.2, 0.25) is 0 Å². The van der Waals surface area contributed by atoms with E-state index in [9.17, 15) is 0 Å². The van der Waals surface area contributed by atoms with Gasteiger partial charge in [-0.2, -0.15) is 0 Å². The number of hydrogen-bond donors (Lipinski definition) is 1. The van der Waals surface area contributed by atoms with Crippen molar-refractivity contribution in [2.75, 3.05) is 6.54 Å². The van der Waals surface area contributed by atoms with E-state index in [1.54, 1.807) is 11.1 Å². The molecule has 0 aromatic heterocycles. The molecule has 1 N–H and O–H groups in total. The van der Waals surface area contributed by atoms with Crippen LogP contribution in [0.15, 0.2) is 35.4 Å².